The van der Waals surface area contributed by atoms with Gasteiger partial charge in [-0.05, 0) is 62.6 Å². The molecule has 2 heterocycles. The Balaban J connectivity index is 1.70. The van der Waals surface area contributed by atoms with Crippen molar-refractivity contribution < 1.29 is 14.7 Å². The van der Waals surface area contributed by atoms with Crippen LogP contribution in [0.1, 0.15) is 53.9 Å². The van der Waals surface area contributed by atoms with Crippen molar-refractivity contribution in [2.24, 2.45) is 11.8 Å². The van der Waals surface area contributed by atoms with E-state index in [0.717, 1.165) is 61.6 Å². The summed E-state index contributed by atoms with van der Waals surface area (Å²) in [5.41, 5.74) is 1.26. The maximum Gasteiger partial charge on any atom is 0.339 e. The smallest absolute Gasteiger partial charge is 0.339 e. The van der Waals surface area contributed by atoms with Gasteiger partial charge < -0.3 is 10.4 Å². The molecular weight excluding hydrogens is 324 g/mol. The van der Waals surface area contributed by atoms with Gasteiger partial charge in [-0.2, -0.15) is 0 Å². The van der Waals surface area contributed by atoms with Crippen molar-refractivity contribution in [3.63, 3.8) is 0 Å². The van der Waals surface area contributed by atoms with Crippen molar-refractivity contribution in [1.82, 2.24) is 4.90 Å². The fourth-order valence-electron chi connectivity index (χ4n) is 3.65. The Kier molecular flexibility index (Phi) is 5.25. The van der Waals surface area contributed by atoms with Gasteiger partial charge in [0, 0.05) is 4.88 Å². The molecule has 24 heavy (non-hydrogen) atoms. The monoisotopic (exact) mass is 350 g/mol. The van der Waals surface area contributed by atoms with Gasteiger partial charge in [0.1, 0.15) is 5.00 Å². The van der Waals surface area contributed by atoms with Crippen LogP contribution in [0.2, 0.25) is 0 Å². The van der Waals surface area contributed by atoms with Crippen LogP contribution in [0.5, 0.6) is 0 Å². The molecule has 0 aromatic carbocycles. The van der Waals surface area contributed by atoms with Crippen LogP contribution >= 0.6 is 11.3 Å². The van der Waals surface area contributed by atoms with Gasteiger partial charge >= 0.3 is 5.97 Å². The number of carbonyl (C=O) groups is 2. The summed E-state index contributed by atoms with van der Waals surface area (Å²) in [7, 11) is 0. The van der Waals surface area contributed by atoms with Crippen molar-refractivity contribution in [3.8, 4) is 0 Å². The maximum atomic E-state index is 12.4. The van der Waals surface area contributed by atoms with Gasteiger partial charge in [0.25, 0.3) is 0 Å². The Morgan fingerprint density at radius 1 is 1.21 bits per heavy atom. The fraction of sp³-hybridized carbons (Fsp3) is 0.667. The van der Waals surface area contributed by atoms with Crippen molar-refractivity contribution in [1.29, 1.82) is 0 Å². The lowest BCUT2D eigenvalue weighted by molar-refractivity contribution is -0.117. The normalized spacial score (nSPS) is 22.2. The number of fused-ring (bicyclic) bond motifs is 1. The summed E-state index contributed by atoms with van der Waals surface area (Å²) in [6.45, 7) is 6.68. The number of nitrogens with one attached hydrogen (secondary N) is 1. The van der Waals surface area contributed by atoms with E-state index in [1.54, 1.807) is 0 Å². The molecule has 1 aliphatic carbocycles. The second-order valence-electron chi connectivity index (χ2n) is 7.37. The summed E-state index contributed by atoms with van der Waals surface area (Å²) in [6.07, 6.45) is 4.98. The standard InChI is InChI=1S/C18H26N2O3S/c1-11-5-7-20(8-6-11)10-15(21)19-17-16(18(22)23)13-4-3-12(2)9-14(13)24-17/h11-12H,3-10H2,1-2H3,(H,19,21)(H,22,23). The van der Waals surface area contributed by atoms with E-state index in [1.807, 2.05) is 0 Å². The quantitative estimate of drug-likeness (QED) is 0.875. The Bertz CT molecular complexity index is 632. The van der Waals surface area contributed by atoms with Crippen LogP contribution in [-0.4, -0.2) is 41.5 Å². The van der Waals surface area contributed by atoms with E-state index in [1.165, 1.54) is 11.3 Å². The first-order chi connectivity index (χ1) is 11.4. The molecule has 1 aliphatic heterocycles. The van der Waals surface area contributed by atoms with Gasteiger partial charge in [0.2, 0.25) is 5.91 Å². The molecule has 1 aromatic heterocycles. The molecule has 1 atom stereocenters. The molecule has 1 aromatic rings. The predicted molar refractivity (Wildman–Crippen MR) is 95.9 cm³/mol. The molecule has 132 valence electrons. The number of amides is 1. The lowest BCUT2D eigenvalue weighted by atomic mass is 9.88. The number of hydrogen-bond acceptors (Lipinski definition) is 4. The van der Waals surface area contributed by atoms with Gasteiger partial charge in [-0.1, -0.05) is 13.8 Å². The number of thiophene rings is 1. The molecular formula is C18H26N2O3S. The largest absolute Gasteiger partial charge is 0.478 e. The van der Waals surface area contributed by atoms with E-state index < -0.39 is 5.97 Å². The lowest BCUT2D eigenvalue weighted by Crippen LogP contribution is -2.38. The first-order valence-electron chi connectivity index (χ1n) is 8.84. The highest BCUT2D eigenvalue weighted by Gasteiger charge is 2.28. The first kappa shape index (κ1) is 17.4. The number of hydrogen-bond donors (Lipinski definition) is 2. The van der Waals surface area contributed by atoms with Crippen LogP contribution in [0, 0.1) is 11.8 Å². The molecule has 1 fully saturated rings. The summed E-state index contributed by atoms with van der Waals surface area (Å²) in [4.78, 5) is 27.4. The number of nitrogens with zero attached hydrogens (tertiary/aromatic N) is 1. The SMILES string of the molecule is CC1CCN(CC(=O)Nc2sc3c(c2C(=O)O)CCC(C)C3)CC1. The zero-order chi connectivity index (χ0) is 17.3. The number of anilines is 1. The third kappa shape index (κ3) is 3.81. The van der Waals surface area contributed by atoms with E-state index in [2.05, 4.69) is 24.1 Å². The van der Waals surface area contributed by atoms with Crippen LogP contribution in [0.3, 0.4) is 0 Å². The van der Waals surface area contributed by atoms with Crippen LogP contribution in [0.25, 0.3) is 0 Å². The molecule has 2 N–H and O–H groups in total. The average Bonchev–Trinajstić information content (AvgIpc) is 2.86. The van der Waals surface area contributed by atoms with E-state index in [-0.39, 0.29) is 5.91 Å². The molecule has 1 saturated heterocycles. The van der Waals surface area contributed by atoms with Gasteiger partial charge in [0.05, 0.1) is 12.1 Å². The summed E-state index contributed by atoms with van der Waals surface area (Å²) in [5.74, 6) is 0.286. The highest BCUT2D eigenvalue weighted by molar-refractivity contribution is 7.17. The third-order valence-corrected chi connectivity index (χ3v) is 6.39. The second kappa shape index (κ2) is 7.23. The van der Waals surface area contributed by atoms with Crippen molar-refractivity contribution in [2.75, 3.05) is 25.0 Å². The Labute approximate surface area is 147 Å². The highest BCUT2D eigenvalue weighted by Crippen LogP contribution is 2.39. The maximum absolute atomic E-state index is 12.4. The number of carbonyl (C=O) groups excluding carboxylic acids is 1. The summed E-state index contributed by atoms with van der Waals surface area (Å²) in [5, 5.41) is 13.0. The molecule has 2 aliphatic rings. The molecule has 5 nitrogen and oxygen atoms in total. The molecule has 0 spiro atoms. The molecule has 0 radical (unpaired) electrons. The molecule has 1 unspecified atom stereocenters. The van der Waals surface area contributed by atoms with Crippen LogP contribution in [0.4, 0.5) is 5.00 Å². The Morgan fingerprint density at radius 2 is 1.92 bits per heavy atom. The minimum Gasteiger partial charge on any atom is -0.478 e. The minimum absolute atomic E-state index is 0.0984. The summed E-state index contributed by atoms with van der Waals surface area (Å²) < 4.78 is 0. The second-order valence-corrected chi connectivity index (χ2v) is 8.47. The Morgan fingerprint density at radius 3 is 2.58 bits per heavy atom. The van der Waals surface area contributed by atoms with Crippen molar-refractivity contribution >= 4 is 28.2 Å². The average molecular weight is 350 g/mol. The highest BCUT2D eigenvalue weighted by atomic mass is 32.1. The molecule has 1 amide bonds. The van der Waals surface area contributed by atoms with Gasteiger partial charge in [0.15, 0.2) is 0 Å². The van der Waals surface area contributed by atoms with Crippen LogP contribution in [0.15, 0.2) is 0 Å². The van der Waals surface area contributed by atoms with Gasteiger partial charge in [-0.15, -0.1) is 11.3 Å². The fourth-order valence-corrected chi connectivity index (χ4v) is 5.07. The van der Waals surface area contributed by atoms with Gasteiger partial charge in [-0.3, -0.25) is 9.69 Å². The van der Waals surface area contributed by atoms with E-state index in [9.17, 15) is 14.7 Å². The van der Waals surface area contributed by atoms with E-state index in [0.29, 0.717) is 23.0 Å². The number of carboxylic acid groups (broad SMARTS) is 1. The van der Waals surface area contributed by atoms with E-state index in [4.69, 9.17) is 0 Å². The molecule has 6 heteroatoms. The van der Waals surface area contributed by atoms with Crippen LogP contribution < -0.4 is 5.32 Å². The number of piperidine rings is 1. The predicted octanol–water partition coefficient (Wildman–Crippen LogP) is 3.24. The molecule has 0 saturated carbocycles. The Hall–Kier alpha value is -1.40. The summed E-state index contributed by atoms with van der Waals surface area (Å²) in [6, 6.07) is 0. The number of likely N-dealkylation sites (tertiary alicyclic amines) is 1. The zero-order valence-electron chi connectivity index (χ0n) is 14.4. The number of aromatic carboxylic acids is 1. The van der Waals surface area contributed by atoms with Crippen LogP contribution in [-0.2, 0) is 17.6 Å². The molecule has 3 rings (SSSR count). The van der Waals surface area contributed by atoms with Crippen molar-refractivity contribution in [3.05, 3.63) is 16.0 Å². The first-order valence-corrected chi connectivity index (χ1v) is 9.65. The van der Waals surface area contributed by atoms with E-state index >= 15 is 0 Å². The minimum atomic E-state index is -0.927. The third-order valence-electron chi connectivity index (χ3n) is 5.22. The zero-order valence-corrected chi connectivity index (χ0v) is 15.2. The number of rotatable bonds is 4. The lowest BCUT2D eigenvalue weighted by Gasteiger charge is -2.29. The topological polar surface area (TPSA) is 69.6 Å². The van der Waals surface area contributed by atoms with Gasteiger partial charge in [-0.25, -0.2) is 4.79 Å². The number of carboxylic acids is 1. The van der Waals surface area contributed by atoms with Crippen molar-refractivity contribution in [2.45, 2.75) is 46.0 Å². The summed E-state index contributed by atoms with van der Waals surface area (Å²) >= 11 is 1.45. The molecule has 0 bridgehead atoms.